The fourth-order valence-electron chi connectivity index (χ4n) is 1.45. The fourth-order valence-corrected chi connectivity index (χ4v) is 3.00. The van der Waals surface area contributed by atoms with Crippen molar-refractivity contribution in [1.82, 2.24) is 4.98 Å². The van der Waals surface area contributed by atoms with Crippen molar-refractivity contribution in [2.24, 2.45) is 0 Å². The van der Waals surface area contributed by atoms with Crippen LogP contribution in [-0.4, -0.2) is 4.98 Å². The second-order valence-electron chi connectivity index (χ2n) is 3.19. The van der Waals surface area contributed by atoms with E-state index in [0.29, 0.717) is 0 Å². The zero-order valence-electron chi connectivity index (χ0n) is 8.04. The van der Waals surface area contributed by atoms with E-state index < -0.39 is 0 Å². The van der Waals surface area contributed by atoms with Crippen LogP contribution in [0.4, 0.5) is 0 Å². The zero-order chi connectivity index (χ0) is 10.1. The van der Waals surface area contributed by atoms with E-state index in [0.717, 1.165) is 9.61 Å². The SMILES string of the molecule is Cc1ccccc1-c1nc(Br)sc1C. The van der Waals surface area contributed by atoms with E-state index in [1.165, 1.54) is 16.0 Å². The van der Waals surface area contributed by atoms with E-state index in [9.17, 15) is 0 Å². The first-order valence-electron chi connectivity index (χ1n) is 4.37. The molecule has 0 aliphatic heterocycles. The molecule has 2 rings (SSSR count). The number of halogens is 1. The molecule has 14 heavy (non-hydrogen) atoms. The minimum atomic E-state index is 0.952. The Morgan fingerprint density at radius 1 is 1.21 bits per heavy atom. The number of rotatable bonds is 1. The van der Waals surface area contributed by atoms with Crippen LogP contribution in [0.25, 0.3) is 11.3 Å². The molecule has 0 saturated carbocycles. The van der Waals surface area contributed by atoms with Gasteiger partial charge in [-0.3, -0.25) is 0 Å². The third-order valence-electron chi connectivity index (χ3n) is 2.17. The Balaban J connectivity index is 2.60. The third kappa shape index (κ3) is 1.74. The smallest absolute Gasteiger partial charge is 0.160 e. The molecule has 0 bridgehead atoms. The summed E-state index contributed by atoms with van der Waals surface area (Å²) in [6.07, 6.45) is 0. The summed E-state index contributed by atoms with van der Waals surface area (Å²) in [6, 6.07) is 8.33. The van der Waals surface area contributed by atoms with Crippen molar-refractivity contribution >= 4 is 27.3 Å². The van der Waals surface area contributed by atoms with Gasteiger partial charge in [0, 0.05) is 10.4 Å². The fraction of sp³-hybridized carbons (Fsp3) is 0.182. The molecular formula is C11H10BrNS. The minimum absolute atomic E-state index is 0.952. The van der Waals surface area contributed by atoms with Crippen LogP contribution in [0, 0.1) is 13.8 Å². The van der Waals surface area contributed by atoms with Gasteiger partial charge in [0.1, 0.15) is 0 Å². The van der Waals surface area contributed by atoms with Crippen molar-refractivity contribution in [2.45, 2.75) is 13.8 Å². The van der Waals surface area contributed by atoms with E-state index in [4.69, 9.17) is 0 Å². The maximum atomic E-state index is 4.48. The standard InChI is InChI=1S/C11H10BrNS/c1-7-5-3-4-6-9(7)10-8(2)14-11(12)13-10/h3-6H,1-2H3. The highest BCUT2D eigenvalue weighted by atomic mass is 79.9. The molecule has 0 spiro atoms. The lowest BCUT2D eigenvalue weighted by molar-refractivity contribution is 1.32. The molecule has 3 heteroatoms. The number of aromatic nitrogens is 1. The average Bonchev–Trinajstić information content (AvgIpc) is 2.46. The molecule has 0 aliphatic rings. The largest absolute Gasteiger partial charge is 0.229 e. The van der Waals surface area contributed by atoms with Gasteiger partial charge in [-0.2, -0.15) is 0 Å². The van der Waals surface area contributed by atoms with Crippen LogP contribution in [-0.2, 0) is 0 Å². The van der Waals surface area contributed by atoms with Crippen LogP contribution in [0.3, 0.4) is 0 Å². The Morgan fingerprint density at radius 3 is 2.50 bits per heavy atom. The van der Waals surface area contributed by atoms with Crippen molar-refractivity contribution < 1.29 is 0 Å². The molecule has 0 radical (unpaired) electrons. The van der Waals surface area contributed by atoms with Crippen molar-refractivity contribution in [3.8, 4) is 11.3 Å². The van der Waals surface area contributed by atoms with Crippen molar-refractivity contribution in [2.75, 3.05) is 0 Å². The average molecular weight is 268 g/mol. The van der Waals surface area contributed by atoms with Crippen molar-refractivity contribution in [3.63, 3.8) is 0 Å². The second-order valence-corrected chi connectivity index (χ2v) is 5.67. The highest BCUT2D eigenvalue weighted by Crippen LogP contribution is 2.31. The Bertz CT molecular complexity index is 462. The van der Waals surface area contributed by atoms with E-state index in [1.54, 1.807) is 11.3 Å². The number of benzene rings is 1. The molecule has 0 fully saturated rings. The zero-order valence-corrected chi connectivity index (χ0v) is 10.4. The summed E-state index contributed by atoms with van der Waals surface area (Å²) in [4.78, 5) is 5.73. The Kier molecular flexibility index (Phi) is 2.70. The summed E-state index contributed by atoms with van der Waals surface area (Å²) in [6.45, 7) is 4.21. The quantitative estimate of drug-likeness (QED) is 0.755. The van der Waals surface area contributed by atoms with Crippen LogP contribution in [0.2, 0.25) is 0 Å². The number of thiazole rings is 1. The summed E-state index contributed by atoms with van der Waals surface area (Å²) in [5, 5.41) is 0. The minimum Gasteiger partial charge on any atom is -0.229 e. The van der Waals surface area contributed by atoms with Gasteiger partial charge in [-0.15, -0.1) is 11.3 Å². The van der Waals surface area contributed by atoms with Gasteiger partial charge in [0.15, 0.2) is 3.92 Å². The topological polar surface area (TPSA) is 12.9 Å². The van der Waals surface area contributed by atoms with Crippen LogP contribution in [0.5, 0.6) is 0 Å². The van der Waals surface area contributed by atoms with Crippen LogP contribution >= 0.6 is 27.3 Å². The molecule has 0 N–H and O–H groups in total. The molecular weight excluding hydrogens is 258 g/mol. The Labute approximate surface area is 95.9 Å². The highest BCUT2D eigenvalue weighted by Gasteiger charge is 2.09. The molecule has 0 aliphatic carbocycles. The summed E-state index contributed by atoms with van der Waals surface area (Å²) in [5.41, 5.74) is 3.60. The van der Waals surface area contributed by atoms with Gasteiger partial charge in [0.05, 0.1) is 5.69 Å². The number of hydrogen-bond acceptors (Lipinski definition) is 2. The second kappa shape index (κ2) is 3.83. The molecule has 0 atom stereocenters. The Morgan fingerprint density at radius 2 is 1.93 bits per heavy atom. The summed E-state index contributed by atoms with van der Waals surface area (Å²) in [5.74, 6) is 0. The van der Waals surface area contributed by atoms with E-state index in [2.05, 4.69) is 59.0 Å². The molecule has 0 unspecified atom stereocenters. The van der Waals surface area contributed by atoms with Gasteiger partial charge in [-0.05, 0) is 35.3 Å². The summed E-state index contributed by atoms with van der Waals surface area (Å²) >= 11 is 5.09. The Hall–Kier alpha value is -0.670. The first-order chi connectivity index (χ1) is 6.68. The normalized spacial score (nSPS) is 10.5. The summed E-state index contributed by atoms with van der Waals surface area (Å²) in [7, 11) is 0. The first kappa shape index (κ1) is 9.87. The lowest BCUT2D eigenvalue weighted by Crippen LogP contribution is -1.84. The lowest BCUT2D eigenvalue weighted by Gasteiger charge is -2.02. The first-order valence-corrected chi connectivity index (χ1v) is 5.98. The van der Waals surface area contributed by atoms with E-state index in [-0.39, 0.29) is 0 Å². The van der Waals surface area contributed by atoms with Gasteiger partial charge in [0.25, 0.3) is 0 Å². The van der Waals surface area contributed by atoms with Crippen LogP contribution in [0.1, 0.15) is 10.4 Å². The maximum absolute atomic E-state index is 4.48. The lowest BCUT2D eigenvalue weighted by atomic mass is 10.1. The number of nitrogens with zero attached hydrogens (tertiary/aromatic N) is 1. The third-order valence-corrected chi connectivity index (χ3v) is 3.59. The number of aryl methyl sites for hydroxylation is 2. The monoisotopic (exact) mass is 267 g/mol. The van der Waals surface area contributed by atoms with Crippen LogP contribution < -0.4 is 0 Å². The number of hydrogen-bond donors (Lipinski definition) is 0. The molecule has 2 aromatic rings. The summed E-state index contributed by atoms with van der Waals surface area (Å²) < 4.78 is 0.952. The van der Waals surface area contributed by atoms with Gasteiger partial charge in [0.2, 0.25) is 0 Å². The van der Waals surface area contributed by atoms with E-state index in [1.807, 2.05) is 0 Å². The van der Waals surface area contributed by atoms with Gasteiger partial charge >= 0.3 is 0 Å². The van der Waals surface area contributed by atoms with Gasteiger partial charge in [-0.1, -0.05) is 24.3 Å². The molecule has 0 saturated heterocycles. The van der Waals surface area contributed by atoms with E-state index >= 15 is 0 Å². The molecule has 72 valence electrons. The highest BCUT2D eigenvalue weighted by molar-refractivity contribution is 9.11. The molecule has 0 amide bonds. The molecule has 1 nitrogen and oxygen atoms in total. The van der Waals surface area contributed by atoms with Crippen molar-refractivity contribution in [1.29, 1.82) is 0 Å². The predicted molar refractivity (Wildman–Crippen MR) is 64.7 cm³/mol. The van der Waals surface area contributed by atoms with Crippen molar-refractivity contribution in [3.05, 3.63) is 38.6 Å². The molecule has 1 aromatic carbocycles. The molecule has 1 aromatic heterocycles. The molecule has 1 heterocycles. The predicted octanol–water partition coefficient (Wildman–Crippen LogP) is 4.19. The van der Waals surface area contributed by atoms with Gasteiger partial charge in [-0.25, -0.2) is 4.98 Å². The van der Waals surface area contributed by atoms with Crippen LogP contribution in [0.15, 0.2) is 28.2 Å². The maximum Gasteiger partial charge on any atom is 0.160 e. The van der Waals surface area contributed by atoms with Gasteiger partial charge < -0.3 is 0 Å².